The normalized spacial score (nSPS) is 10.5. The predicted molar refractivity (Wildman–Crippen MR) is 102 cm³/mol. The van der Waals surface area contributed by atoms with Gasteiger partial charge in [0.15, 0.2) is 0 Å². The Morgan fingerprint density at radius 1 is 1.04 bits per heavy atom. The molecule has 0 atom stereocenters. The second-order valence-electron chi connectivity index (χ2n) is 6.16. The maximum atomic E-state index is 12.0. The van der Waals surface area contributed by atoms with E-state index < -0.39 is 0 Å². The number of hydrogen-bond acceptors (Lipinski definition) is 5. The maximum absolute atomic E-state index is 12.0. The van der Waals surface area contributed by atoms with Crippen LogP contribution < -0.4 is 4.74 Å². The number of aromatic nitrogens is 1. The first-order chi connectivity index (χ1) is 12.6. The molecule has 0 fully saturated rings. The molecule has 0 aliphatic heterocycles. The van der Waals surface area contributed by atoms with E-state index in [1.54, 1.807) is 0 Å². The summed E-state index contributed by atoms with van der Waals surface area (Å²) in [5, 5.41) is 2.72. The van der Waals surface area contributed by atoms with E-state index in [1.165, 1.54) is 16.9 Å². The minimum absolute atomic E-state index is 0.173. The highest BCUT2D eigenvalue weighted by molar-refractivity contribution is 7.09. The first-order valence-corrected chi connectivity index (χ1v) is 9.30. The van der Waals surface area contributed by atoms with Crippen molar-refractivity contribution in [1.29, 1.82) is 0 Å². The lowest BCUT2D eigenvalue weighted by atomic mass is 10.1. The third kappa shape index (κ3) is 5.43. The Hall–Kier alpha value is -2.66. The van der Waals surface area contributed by atoms with Crippen molar-refractivity contribution in [2.75, 3.05) is 0 Å². The summed E-state index contributed by atoms with van der Waals surface area (Å²) < 4.78 is 11.0. The van der Waals surface area contributed by atoms with Crippen molar-refractivity contribution in [3.8, 4) is 5.75 Å². The lowest BCUT2D eigenvalue weighted by molar-refractivity contribution is -0.144. The van der Waals surface area contributed by atoms with Gasteiger partial charge in [-0.1, -0.05) is 47.5 Å². The molecule has 0 radical (unpaired) electrons. The molecule has 1 aromatic heterocycles. The van der Waals surface area contributed by atoms with Crippen molar-refractivity contribution >= 4 is 17.3 Å². The van der Waals surface area contributed by atoms with Gasteiger partial charge in [-0.25, -0.2) is 4.98 Å². The molecule has 134 valence electrons. The molecule has 0 saturated carbocycles. The van der Waals surface area contributed by atoms with Crippen LogP contribution >= 0.6 is 11.3 Å². The van der Waals surface area contributed by atoms with Gasteiger partial charge >= 0.3 is 5.97 Å². The van der Waals surface area contributed by atoms with Crippen molar-refractivity contribution in [3.05, 3.63) is 81.3 Å². The molecule has 0 spiro atoms. The third-order valence-electron chi connectivity index (χ3n) is 3.79. The average molecular weight is 367 g/mol. The summed E-state index contributed by atoms with van der Waals surface area (Å²) in [5.41, 5.74) is 4.05. The molecule has 0 unspecified atom stereocenters. The number of ether oxygens (including phenoxy) is 2. The van der Waals surface area contributed by atoms with Crippen LogP contribution in [-0.2, 0) is 29.2 Å². The van der Waals surface area contributed by atoms with Crippen LogP contribution in [0.15, 0.2) is 53.9 Å². The van der Waals surface area contributed by atoms with E-state index in [0.29, 0.717) is 12.3 Å². The van der Waals surface area contributed by atoms with E-state index >= 15 is 0 Å². The number of hydrogen-bond donors (Lipinski definition) is 0. The summed E-state index contributed by atoms with van der Waals surface area (Å²) in [4.78, 5) is 16.4. The summed E-state index contributed by atoms with van der Waals surface area (Å²) in [6, 6.07) is 15.8. The highest BCUT2D eigenvalue weighted by Crippen LogP contribution is 2.16. The molecular weight excluding hydrogens is 346 g/mol. The van der Waals surface area contributed by atoms with Gasteiger partial charge in [-0.3, -0.25) is 4.79 Å². The van der Waals surface area contributed by atoms with Crippen molar-refractivity contribution in [2.45, 2.75) is 33.5 Å². The Morgan fingerprint density at radius 2 is 1.85 bits per heavy atom. The predicted octanol–water partition coefficient (Wildman–Crippen LogP) is 4.62. The minimum atomic E-state index is -0.275. The smallest absolute Gasteiger partial charge is 0.312 e. The van der Waals surface area contributed by atoms with Crippen LogP contribution in [0.3, 0.4) is 0 Å². The number of benzene rings is 2. The Kier molecular flexibility index (Phi) is 6.02. The first-order valence-electron chi connectivity index (χ1n) is 8.42. The molecule has 0 bridgehead atoms. The fourth-order valence-electron chi connectivity index (χ4n) is 2.44. The van der Waals surface area contributed by atoms with Gasteiger partial charge < -0.3 is 9.47 Å². The molecule has 3 aromatic rings. The largest absolute Gasteiger partial charge is 0.486 e. The van der Waals surface area contributed by atoms with Gasteiger partial charge in [0.25, 0.3) is 0 Å². The molecule has 0 aliphatic rings. The molecule has 0 saturated heterocycles. The second-order valence-corrected chi connectivity index (χ2v) is 7.10. The van der Waals surface area contributed by atoms with Gasteiger partial charge in [0.1, 0.15) is 24.0 Å². The van der Waals surface area contributed by atoms with Gasteiger partial charge in [-0.05, 0) is 31.5 Å². The zero-order valence-electron chi connectivity index (χ0n) is 14.9. The monoisotopic (exact) mass is 367 g/mol. The number of carbonyl (C=O) groups is 1. The summed E-state index contributed by atoms with van der Waals surface area (Å²) in [6.45, 7) is 4.73. The number of thiazole rings is 1. The van der Waals surface area contributed by atoms with Crippen LogP contribution in [0.4, 0.5) is 0 Å². The van der Waals surface area contributed by atoms with Gasteiger partial charge in [0.2, 0.25) is 0 Å². The number of rotatable bonds is 7. The van der Waals surface area contributed by atoms with Gasteiger partial charge in [-0.15, -0.1) is 11.3 Å². The maximum Gasteiger partial charge on any atom is 0.312 e. The van der Waals surface area contributed by atoms with Crippen LogP contribution in [0.2, 0.25) is 0 Å². The Labute approximate surface area is 157 Å². The molecule has 0 aliphatic carbocycles. The van der Waals surface area contributed by atoms with Crippen LogP contribution in [0.25, 0.3) is 0 Å². The number of nitrogens with zero attached hydrogens (tertiary/aromatic N) is 1. The molecule has 3 rings (SSSR count). The standard InChI is InChI=1S/C21H21NO3S/c1-15-6-8-19(9-7-15)24-13-20-22-18(14-26-20)11-21(23)25-12-17-5-3-4-16(2)10-17/h3-10,14H,11-13H2,1-2H3. The summed E-state index contributed by atoms with van der Waals surface area (Å²) in [7, 11) is 0. The molecule has 2 aromatic carbocycles. The quantitative estimate of drug-likeness (QED) is 0.572. The summed E-state index contributed by atoms with van der Waals surface area (Å²) in [6.07, 6.45) is 0.173. The van der Waals surface area contributed by atoms with E-state index in [9.17, 15) is 4.79 Å². The van der Waals surface area contributed by atoms with Crippen molar-refractivity contribution in [1.82, 2.24) is 4.98 Å². The topological polar surface area (TPSA) is 48.4 Å². The molecule has 0 N–H and O–H groups in total. The molecule has 0 amide bonds. The van der Waals surface area contributed by atoms with Crippen LogP contribution in [0.5, 0.6) is 5.75 Å². The Balaban J connectivity index is 1.46. The van der Waals surface area contributed by atoms with E-state index in [-0.39, 0.29) is 19.0 Å². The van der Waals surface area contributed by atoms with Crippen LogP contribution in [0.1, 0.15) is 27.4 Å². The van der Waals surface area contributed by atoms with Crippen molar-refractivity contribution in [3.63, 3.8) is 0 Å². The molecule has 5 heteroatoms. The van der Waals surface area contributed by atoms with Crippen LogP contribution in [0, 0.1) is 13.8 Å². The van der Waals surface area contributed by atoms with E-state index in [1.807, 2.05) is 67.8 Å². The highest BCUT2D eigenvalue weighted by atomic mass is 32.1. The fraction of sp³-hybridized carbons (Fsp3) is 0.238. The van der Waals surface area contributed by atoms with Crippen LogP contribution in [-0.4, -0.2) is 11.0 Å². The van der Waals surface area contributed by atoms with E-state index in [4.69, 9.17) is 9.47 Å². The molecular formula is C21H21NO3S. The third-order valence-corrected chi connectivity index (χ3v) is 4.66. The van der Waals surface area contributed by atoms with Gasteiger partial charge in [0.05, 0.1) is 12.1 Å². The summed E-state index contributed by atoms with van der Waals surface area (Å²) in [5.74, 6) is 0.535. The number of aryl methyl sites for hydroxylation is 2. The fourth-order valence-corrected chi connectivity index (χ4v) is 3.15. The Morgan fingerprint density at radius 3 is 2.62 bits per heavy atom. The zero-order chi connectivity index (χ0) is 18.4. The van der Waals surface area contributed by atoms with E-state index in [0.717, 1.165) is 21.9 Å². The second kappa shape index (κ2) is 8.63. The zero-order valence-corrected chi connectivity index (χ0v) is 15.7. The molecule has 4 nitrogen and oxygen atoms in total. The van der Waals surface area contributed by atoms with E-state index in [2.05, 4.69) is 4.98 Å². The highest BCUT2D eigenvalue weighted by Gasteiger charge is 2.10. The molecule has 26 heavy (non-hydrogen) atoms. The summed E-state index contributed by atoms with van der Waals surface area (Å²) >= 11 is 1.49. The lowest BCUT2D eigenvalue weighted by Crippen LogP contribution is -2.08. The molecule has 1 heterocycles. The van der Waals surface area contributed by atoms with Gasteiger partial charge in [0, 0.05) is 5.38 Å². The van der Waals surface area contributed by atoms with Crippen molar-refractivity contribution in [2.24, 2.45) is 0 Å². The van der Waals surface area contributed by atoms with Gasteiger partial charge in [-0.2, -0.15) is 0 Å². The first kappa shape index (κ1) is 18.1. The Bertz CT molecular complexity index is 871. The average Bonchev–Trinajstić information content (AvgIpc) is 3.07. The van der Waals surface area contributed by atoms with Crippen molar-refractivity contribution < 1.29 is 14.3 Å². The number of carbonyl (C=O) groups excluding carboxylic acids is 1. The number of esters is 1. The lowest BCUT2D eigenvalue weighted by Gasteiger charge is -2.05. The minimum Gasteiger partial charge on any atom is -0.486 e. The SMILES string of the molecule is Cc1ccc(OCc2nc(CC(=O)OCc3cccc(C)c3)cs2)cc1.